The van der Waals surface area contributed by atoms with Crippen LogP contribution in [0.25, 0.3) is 0 Å². The number of nitrogens with zero attached hydrogens (tertiary/aromatic N) is 2. The van der Waals surface area contributed by atoms with Crippen molar-refractivity contribution in [2.45, 2.75) is 84.5 Å². The zero-order valence-corrected chi connectivity index (χ0v) is 18.4. The highest BCUT2D eigenvalue weighted by atomic mass is 14.7. The fourth-order valence-corrected chi connectivity index (χ4v) is 3.30. The van der Waals surface area contributed by atoms with Crippen LogP contribution in [0.1, 0.15) is 89.2 Å². The van der Waals surface area contributed by atoms with Gasteiger partial charge < -0.3 is 0 Å². The molecule has 0 atom stereocenters. The summed E-state index contributed by atoms with van der Waals surface area (Å²) in [5.41, 5.74) is 4.74. The van der Waals surface area contributed by atoms with Crippen molar-refractivity contribution in [3.63, 3.8) is 0 Å². The fourth-order valence-electron chi connectivity index (χ4n) is 3.30. The van der Waals surface area contributed by atoms with Crippen LogP contribution < -0.4 is 0 Å². The highest BCUT2D eigenvalue weighted by molar-refractivity contribution is 5.63. The lowest BCUT2D eigenvalue weighted by atomic mass is 10.0. The summed E-state index contributed by atoms with van der Waals surface area (Å²) in [7, 11) is 0. The van der Waals surface area contributed by atoms with E-state index >= 15 is 0 Å². The lowest BCUT2D eigenvalue weighted by Gasteiger charge is -2.03. The second-order valence-corrected chi connectivity index (χ2v) is 7.83. The molecule has 0 saturated carbocycles. The Kier molecular flexibility index (Phi) is 11.7. The molecule has 156 valence electrons. The van der Waals surface area contributed by atoms with E-state index in [0.29, 0.717) is 0 Å². The number of aliphatic imine (C=N–C) groups is 2. The summed E-state index contributed by atoms with van der Waals surface area (Å²) in [5.74, 6) is 0. The zero-order chi connectivity index (χ0) is 20.6. The first-order valence-electron chi connectivity index (χ1n) is 11.5. The Bertz CT molecular complexity index is 648. The van der Waals surface area contributed by atoms with E-state index < -0.39 is 0 Å². The van der Waals surface area contributed by atoms with Crippen LogP contribution in [0, 0.1) is 0 Å². The van der Waals surface area contributed by atoms with Crippen LogP contribution in [0.3, 0.4) is 0 Å². The minimum absolute atomic E-state index is 0.946. The summed E-state index contributed by atoms with van der Waals surface area (Å²) in [4.78, 5) is 9.15. The third-order valence-corrected chi connectivity index (χ3v) is 5.14. The van der Waals surface area contributed by atoms with Crippen LogP contribution >= 0.6 is 0 Å². The van der Waals surface area contributed by atoms with E-state index in [1.807, 2.05) is 0 Å². The molecule has 0 spiro atoms. The van der Waals surface area contributed by atoms with Crippen LogP contribution in [0.15, 0.2) is 58.5 Å². The Hall–Kier alpha value is -2.22. The smallest absolute Gasteiger partial charge is 0.0625 e. The van der Waals surface area contributed by atoms with E-state index in [4.69, 9.17) is 0 Å². The highest BCUT2D eigenvalue weighted by Crippen LogP contribution is 2.18. The molecule has 0 bridgehead atoms. The summed E-state index contributed by atoms with van der Waals surface area (Å²) in [6, 6.07) is 17.2. The molecule has 0 saturated heterocycles. The van der Waals surface area contributed by atoms with Gasteiger partial charge in [0, 0.05) is 12.4 Å². The molecular formula is C27H38N2. The second kappa shape index (κ2) is 14.7. The highest BCUT2D eigenvalue weighted by Gasteiger charge is 1.98. The molecule has 0 radical (unpaired) electrons. The van der Waals surface area contributed by atoms with Crippen molar-refractivity contribution in [2.75, 3.05) is 0 Å². The van der Waals surface area contributed by atoms with Gasteiger partial charge in [-0.25, -0.2) is 0 Å². The molecule has 0 fully saturated rings. The van der Waals surface area contributed by atoms with E-state index in [0.717, 1.165) is 30.6 Å². The summed E-state index contributed by atoms with van der Waals surface area (Å²) < 4.78 is 0. The van der Waals surface area contributed by atoms with Gasteiger partial charge in [-0.15, -0.1) is 0 Å². The Morgan fingerprint density at radius 2 is 0.966 bits per heavy atom. The average molecular weight is 391 g/mol. The summed E-state index contributed by atoms with van der Waals surface area (Å²) in [5, 5.41) is 0. The van der Waals surface area contributed by atoms with E-state index in [2.05, 4.69) is 84.8 Å². The molecule has 2 nitrogen and oxygen atoms in total. The topological polar surface area (TPSA) is 24.7 Å². The first-order chi connectivity index (χ1) is 14.3. The fraction of sp³-hybridized carbons (Fsp3) is 0.481. The maximum absolute atomic E-state index is 4.57. The van der Waals surface area contributed by atoms with Gasteiger partial charge in [0.2, 0.25) is 0 Å². The van der Waals surface area contributed by atoms with Gasteiger partial charge in [0.1, 0.15) is 0 Å². The standard InChI is InChI=1S/C27H38N2/c1-3-5-7-9-11-21-28-26-17-13-24(14-18-26)23-25-15-19-27(20-16-25)29-22-12-10-8-6-4-2/h13-22H,3-12,23H2,1-2H3. The quantitative estimate of drug-likeness (QED) is 0.228. The molecule has 0 unspecified atom stereocenters. The van der Waals surface area contributed by atoms with Gasteiger partial charge in [-0.3, -0.25) is 9.98 Å². The minimum Gasteiger partial charge on any atom is -0.261 e. The van der Waals surface area contributed by atoms with Crippen molar-refractivity contribution in [1.29, 1.82) is 0 Å². The number of rotatable bonds is 14. The van der Waals surface area contributed by atoms with E-state index in [9.17, 15) is 0 Å². The molecule has 0 aliphatic carbocycles. The largest absolute Gasteiger partial charge is 0.261 e. The van der Waals surface area contributed by atoms with Crippen molar-refractivity contribution >= 4 is 23.8 Å². The molecule has 0 aromatic heterocycles. The zero-order valence-electron chi connectivity index (χ0n) is 18.4. The van der Waals surface area contributed by atoms with Gasteiger partial charge in [0.05, 0.1) is 11.4 Å². The molecule has 0 aliphatic rings. The molecule has 2 heteroatoms. The van der Waals surface area contributed by atoms with Crippen molar-refractivity contribution < 1.29 is 0 Å². The SMILES string of the molecule is CCCCCCC=Nc1ccc(Cc2ccc(N=CCCCCCC)cc2)cc1. The Morgan fingerprint density at radius 1 is 0.552 bits per heavy atom. The van der Waals surface area contributed by atoms with Gasteiger partial charge in [0.15, 0.2) is 0 Å². The second-order valence-electron chi connectivity index (χ2n) is 7.83. The normalized spacial score (nSPS) is 11.7. The number of unbranched alkanes of at least 4 members (excludes halogenated alkanes) is 8. The van der Waals surface area contributed by atoms with E-state index in [1.54, 1.807) is 0 Å². The predicted octanol–water partition coefficient (Wildman–Crippen LogP) is 8.62. The third-order valence-electron chi connectivity index (χ3n) is 5.14. The van der Waals surface area contributed by atoms with Gasteiger partial charge in [-0.05, 0) is 67.5 Å². The van der Waals surface area contributed by atoms with E-state index in [1.165, 1.54) is 62.5 Å². The van der Waals surface area contributed by atoms with Crippen LogP contribution in [0.5, 0.6) is 0 Å². The summed E-state index contributed by atoms with van der Waals surface area (Å²) in [6.45, 7) is 4.49. The maximum atomic E-state index is 4.57. The Labute approximate surface area is 178 Å². The molecule has 0 amide bonds. The molecular weight excluding hydrogens is 352 g/mol. The first-order valence-corrected chi connectivity index (χ1v) is 11.5. The molecule has 2 rings (SSSR count). The lowest BCUT2D eigenvalue weighted by molar-refractivity contribution is 0.685. The molecule has 0 heterocycles. The van der Waals surface area contributed by atoms with Crippen LogP contribution in [-0.2, 0) is 6.42 Å². The molecule has 0 N–H and O–H groups in total. The number of hydrogen-bond donors (Lipinski definition) is 0. The molecule has 2 aromatic rings. The van der Waals surface area contributed by atoms with Crippen LogP contribution in [0.2, 0.25) is 0 Å². The van der Waals surface area contributed by atoms with E-state index in [-0.39, 0.29) is 0 Å². The van der Waals surface area contributed by atoms with Crippen molar-refractivity contribution in [3.8, 4) is 0 Å². The van der Waals surface area contributed by atoms with Gasteiger partial charge in [-0.1, -0.05) is 76.6 Å². The molecule has 29 heavy (non-hydrogen) atoms. The van der Waals surface area contributed by atoms with Gasteiger partial charge >= 0.3 is 0 Å². The Morgan fingerprint density at radius 3 is 1.34 bits per heavy atom. The van der Waals surface area contributed by atoms with Crippen LogP contribution in [0.4, 0.5) is 11.4 Å². The number of benzene rings is 2. The predicted molar refractivity (Wildman–Crippen MR) is 130 cm³/mol. The molecule has 0 aliphatic heterocycles. The number of hydrogen-bond acceptors (Lipinski definition) is 2. The molecule has 2 aromatic carbocycles. The average Bonchev–Trinajstić information content (AvgIpc) is 2.75. The van der Waals surface area contributed by atoms with Crippen molar-refractivity contribution in [2.24, 2.45) is 9.98 Å². The van der Waals surface area contributed by atoms with Crippen molar-refractivity contribution in [1.82, 2.24) is 0 Å². The first kappa shape index (κ1) is 23.1. The van der Waals surface area contributed by atoms with Gasteiger partial charge in [-0.2, -0.15) is 0 Å². The summed E-state index contributed by atoms with van der Waals surface area (Å²) in [6.07, 6.45) is 17.6. The summed E-state index contributed by atoms with van der Waals surface area (Å²) >= 11 is 0. The lowest BCUT2D eigenvalue weighted by Crippen LogP contribution is -1.87. The minimum atomic E-state index is 0.946. The van der Waals surface area contributed by atoms with Crippen LogP contribution in [-0.4, -0.2) is 12.4 Å². The van der Waals surface area contributed by atoms with Gasteiger partial charge in [0.25, 0.3) is 0 Å². The van der Waals surface area contributed by atoms with Crippen molar-refractivity contribution in [3.05, 3.63) is 59.7 Å². The maximum Gasteiger partial charge on any atom is 0.0625 e. The Balaban J connectivity index is 1.75. The monoisotopic (exact) mass is 390 g/mol. The third kappa shape index (κ3) is 10.2.